The maximum atomic E-state index is 13.8. The number of carbonyl (C=O) groups is 2. The van der Waals surface area contributed by atoms with Crippen LogP contribution in [0.2, 0.25) is 0 Å². The van der Waals surface area contributed by atoms with Crippen LogP contribution in [0.5, 0.6) is 11.5 Å². The van der Waals surface area contributed by atoms with Crippen molar-refractivity contribution in [2.24, 2.45) is 5.73 Å². The number of nitrogens with zero attached hydrogens (tertiary/aromatic N) is 1. The molecule has 0 spiro atoms. The van der Waals surface area contributed by atoms with Crippen LogP contribution < -0.4 is 20.7 Å². The molecule has 6 nitrogen and oxygen atoms in total. The average Bonchev–Trinajstić information content (AvgIpc) is 2.77. The molecule has 31 heavy (non-hydrogen) atoms. The van der Waals surface area contributed by atoms with Gasteiger partial charge < -0.3 is 20.7 Å². The van der Waals surface area contributed by atoms with Crippen molar-refractivity contribution in [1.82, 2.24) is 5.32 Å². The lowest BCUT2D eigenvalue weighted by Gasteiger charge is -2.19. The molecule has 0 aliphatic rings. The van der Waals surface area contributed by atoms with E-state index in [0.29, 0.717) is 47.8 Å². The number of nitrogens with one attached hydrogen (secondary N) is 1. The lowest BCUT2D eigenvalue weighted by molar-refractivity contribution is 0.0952. The topological polar surface area (TPSA) is 84.7 Å². The van der Waals surface area contributed by atoms with Crippen LogP contribution in [0.1, 0.15) is 27.1 Å². The number of anilines is 1. The third kappa shape index (κ3) is 6.05. The van der Waals surface area contributed by atoms with E-state index in [-0.39, 0.29) is 11.7 Å². The third-order valence-electron chi connectivity index (χ3n) is 4.71. The summed E-state index contributed by atoms with van der Waals surface area (Å²) in [6.07, 6.45) is 0.680. The van der Waals surface area contributed by atoms with E-state index >= 15 is 0 Å². The quantitative estimate of drug-likeness (QED) is 0.512. The number of rotatable bonds is 9. The van der Waals surface area contributed by atoms with Crippen molar-refractivity contribution in [3.05, 3.63) is 89.7 Å². The number of primary amides is 1. The second kappa shape index (κ2) is 10.2. The molecule has 3 aromatic rings. The molecule has 160 valence electrons. The Morgan fingerprint density at radius 3 is 2.10 bits per heavy atom. The monoisotopic (exact) mass is 421 g/mol. The van der Waals surface area contributed by atoms with Crippen LogP contribution in [0.3, 0.4) is 0 Å². The van der Waals surface area contributed by atoms with Crippen LogP contribution in [-0.2, 0) is 0 Å². The fourth-order valence-corrected chi connectivity index (χ4v) is 3.00. The van der Waals surface area contributed by atoms with Crippen molar-refractivity contribution < 1.29 is 18.7 Å². The molecule has 0 saturated heterocycles. The van der Waals surface area contributed by atoms with Crippen molar-refractivity contribution in [3.8, 4) is 11.5 Å². The van der Waals surface area contributed by atoms with Gasteiger partial charge in [0.05, 0.1) is 5.69 Å². The molecular weight excluding hydrogens is 397 g/mol. The van der Waals surface area contributed by atoms with Crippen molar-refractivity contribution >= 4 is 17.5 Å². The van der Waals surface area contributed by atoms with Crippen LogP contribution in [0, 0.1) is 5.82 Å². The van der Waals surface area contributed by atoms with Gasteiger partial charge in [-0.3, -0.25) is 9.59 Å². The van der Waals surface area contributed by atoms with Crippen LogP contribution in [0.15, 0.2) is 72.8 Å². The zero-order chi connectivity index (χ0) is 22.2. The smallest absolute Gasteiger partial charge is 0.251 e. The first-order valence-corrected chi connectivity index (χ1v) is 9.85. The number of nitrogens with two attached hydrogens (primary N) is 1. The van der Waals surface area contributed by atoms with E-state index in [1.807, 2.05) is 11.9 Å². The van der Waals surface area contributed by atoms with Gasteiger partial charge in [-0.05, 0) is 67.1 Å². The second-order valence-electron chi connectivity index (χ2n) is 7.00. The number of hydrogen-bond donors (Lipinski definition) is 2. The Labute approximate surface area is 180 Å². The summed E-state index contributed by atoms with van der Waals surface area (Å²) in [7, 11) is 1.82. The molecule has 3 aromatic carbocycles. The summed E-state index contributed by atoms with van der Waals surface area (Å²) in [5.41, 5.74) is 6.67. The first kappa shape index (κ1) is 21.8. The maximum absolute atomic E-state index is 13.8. The van der Waals surface area contributed by atoms with E-state index < -0.39 is 5.91 Å². The Bertz CT molecular complexity index is 1040. The van der Waals surface area contributed by atoms with Crippen molar-refractivity contribution in [1.29, 1.82) is 0 Å². The standard InChI is InChI=1S/C24H24FN3O3/c1-28(22-6-3-2-5-21(22)25)16-4-15-27-24(30)18-9-13-20(14-10-18)31-19-11-7-17(8-12-19)23(26)29/h2-3,5-14H,4,15-16H2,1H3,(H2,26,29)(H,27,30). The highest BCUT2D eigenvalue weighted by Gasteiger charge is 2.08. The van der Waals surface area contributed by atoms with E-state index in [0.717, 1.165) is 0 Å². The van der Waals surface area contributed by atoms with E-state index in [4.69, 9.17) is 10.5 Å². The summed E-state index contributed by atoms with van der Waals surface area (Å²) in [6.45, 7) is 1.09. The SMILES string of the molecule is CN(CCCNC(=O)c1ccc(Oc2ccc(C(N)=O)cc2)cc1)c1ccccc1F. The summed E-state index contributed by atoms with van der Waals surface area (Å²) < 4.78 is 19.5. The van der Waals surface area contributed by atoms with Gasteiger partial charge >= 0.3 is 0 Å². The predicted molar refractivity (Wildman–Crippen MR) is 118 cm³/mol. The fraction of sp³-hybridized carbons (Fsp3) is 0.167. The highest BCUT2D eigenvalue weighted by atomic mass is 19.1. The van der Waals surface area contributed by atoms with Gasteiger partial charge in [-0.2, -0.15) is 0 Å². The van der Waals surface area contributed by atoms with Crippen molar-refractivity contribution in [2.45, 2.75) is 6.42 Å². The normalized spacial score (nSPS) is 10.4. The molecule has 0 unspecified atom stereocenters. The second-order valence-corrected chi connectivity index (χ2v) is 7.00. The number of benzene rings is 3. The first-order chi connectivity index (χ1) is 14.9. The van der Waals surface area contributed by atoms with Crippen LogP contribution in [0.4, 0.5) is 10.1 Å². The van der Waals surface area contributed by atoms with Crippen molar-refractivity contribution in [3.63, 3.8) is 0 Å². The van der Waals surface area contributed by atoms with E-state index in [9.17, 15) is 14.0 Å². The molecular formula is C24H24FN3O3. The third-order valence-corrected chi connectivity index (χ3v) is 4.71. The van der Waals surface area contributed by atoms with Gasteiger partial charge in [-0.15, -0.1) is 0 Å². The molecule has 0 aromatic heterocycles. The number of halogens is 1. The molecule has 0 aliphatic carbocycles. The summed E-state index contributed by atoms with van der Waals surface area (Å²) >= 11 is 0. The number of carbonyl (C=O) groups excluding carboxylic acids is 2. The molecule has 0 bridgehead atoms. The molecule has 0 radical (unpaired) electrons. The van der Waals surface area contributed by atoms with Gasteiger partial charge in [-0.1, -0.05) is 12.1 Å². The van der Waals surface area contributed by atoms with Crippen molar-refractivity contribution in [2.75, 3.05) is 25.0 Å². The average molecular weight is 421 g/mol. The molecule has 0 atom stereocenters. The Kier molecular flexibility index (Phi) is 7.22. The van der Waals surface area contributed by atoms with Crippen LogP contribution in [-0.4, -0.2) is 32.0 Å². The number of para-hydroxylation sites is 1. The largest absolute Gasteiger partial charge is 0.457 e. The van der Waals surface area contributed by atoms with Gasteiger partial charge in [0.2, 0.25) is 5.91 Å². The fourth-order valence-electron chi connectivity index (χ4n) is 3.00. The predicted octanol–water partition coefficient (Wildman–Crippen LogP) is 3.97. The lowest BCUT2D eigenvalue weighted by atomic mass is 10.2. The zero-order valence-electron chi connectivity index (χ0n) is 17.2. The highest BCUT2D eigenvalue weighted by molar-refractivity contribution is 5.94. The van der Waals surface area contributed by atoms with Crippen LogP contribution >= 0.6 is 0 Å². The molecule has 2 amide bonds. The minimum absolute atomic E-state index is 0.189. The van der Waals surface area contributed by atoms with Gasteiger partial charge in [0.1, 0.15) is 17.3 Å². The maximum Gasteiger partial charge on any atom is 0.251 e. The van der Waals surface area contributed by atoms with Crippen LogP contribution in [0.25, 0.3) is 0 Å². The summed E-state index contributed by atoms with van der Waals surface area (Å²) in [5, 5.41) is 2.86. The Morgan fingerprint density at radius 1 is 0.935 bits per heavy atom. The molecule has 0 heterocycles. The number of ether oxygens (including phenoxy) is 1. The Hall–Kier alpha value is -3.87. The number of amides is 2. The lowest BCUT2D eigenvalue weighted by Crippen LogP contribution is -2.28. The van der Waals surface area contributed by atoms with E-state index in [2.05, 4.69) is 5.32 Å². The summed E-state index contributed by atoms with van der Waals surface area (Å²) in [4.78, 5) is 25.2. The summed E-state index contributed by atoms with van der Waals surface area (Å²) in [6, 6.07) is 19.8. The molecule has 3 rings (SSSR count). The molecule has 0 fully saturated rings. The Morgan fingerprint density at radius 2 is 1.52 bits per heavy atom. The van der Waals surface area contributed by atoms with Gasteiger partial charge in [0.25, 0.3) is 5.91 Å². The highest BCUT2D eigenvalue weighted by Crippen LogP contribution is 2.22. The molecule has 7 heteroatoms. The van der Waals surface area contributed by atoms with E-state index in [1.165, 1.54) is 6.07 Å². The zero-order valence-corrected chi connectivity index (χ0v) is 17.2. The Balaban J connectivity index is 1.45. The van der Waals surface area contributed by atoms with Gasteiger partial charge in [-0.25, -0.2) is 4.39 Å². The summed E-state index contributed by atoms with van der Waals surface area (Å²) in [5.74, 6) is 0.169. The molecule has 0 saturated carbocycles. The minimum atomic E-state index is -0.499. The van der Waals surface area contributed by atoms with Gasteiger partial charge in [0.15, 0.2) is 0 Å². The molecule has 0 aliphatic heterocycles. The van der Waals surface area contributed by atoms with E-state index in [1.54, 1.807) is 66.7 Å². The molecule has 3 N–H and O–H groups in total. The number of hydrogen-bond acceptors (Lipinski definition) is 4. The first-order valence-electron chi connectivity index (χ1n) is 9.85. The minimum Gasteiger partial charge on any atom is -0.457 e. The van der Waals surface area contributed by atoms with Gasteiger partial charge in [0, 0.05) is 31.3 Å².